The van der Waals surface area contributed by atoms with Crippen LogP contribution in [0.25, 0.3) is 0 Å². The van der Waals surface area contributed by atoms with Crippen LogP contribution in [0.4, 0.5) is 0 Å². The van der Waals surface area contributed by atoms with Crippen LogP contribution in [0.15, 0.2) is 24.3 Å². The number of carbonyl (C=O) groups excluding carboxylic acids is 2. The lowest BCUT2D eigenvalue weighted by molar-refractivity contribution is -0.163. The SMILES string of the molecule is CC1OC(c2ccc3c(c2O)C(=O)c2ccc(CC(C)(O)CC(=O)O)c(O)c2C3=O)CC(O)C1O. The summed E-state index contributed by atoms with van der Waals surface area (Å²) in [5.74, 6) is -3.69. The van der Waals surface area contributed by atoms with Crippen LogP contribution < -0.4 is 0 Å². The number of phenols is 2. The minimum Gasteiger partial charge on any atom is -0.507 e. The zero-order valence-electron chi connectivity index (χ0n) is 19.1. The minimum absolute atomic E-state index is 0.0308. The number of hydrogen-bond acceptors (Lipinski definition) is 9. The van der Waals surface area contributed by atoms with Crippen molar-refractivity contribution >= 4 is 17.5 Å². The highest BCUT2D eigenvalue weighted by atomic mass is 16.5. The van der Waals surface area contributed by atoms with Gasteiger partial charge in [0.05, 0.1) is 41.5 Å². The molecule has 1 heterocycles. The number of carbonyl (C=O) groups is 3. The first-order valence-corrected chi connectivity index (χ1v) is 11.1. The molecule has 1 fully saturated rings. The van der Waals surface area contributed by atoms with Crippen LogP contribution in [0.3, 0.4) is 0 Å². The molecule has 0 spiro atoms. The first kappa shape index (κ1) is 24.8. The third-order valence-electron chi connectivity index (χ3n) is 6.57. The minimum atomic E-state index is -1.71. The van der Waals surface area contributed by atoms with Crippen molar-refractivity contribution in [1.82, 2.24) is 0 Å². The average Bonchev–Trinajstić information content (AvgIpc) is 2.75. The van der Waals surface area contributed by atoms with Crippen molar-refractivity contribution in [2.24, 2.45) is 0 Å². The molecule has 0 saturated carbocycles. The van der Waals surface area contributed by atoms with E-state index in [2.05, 4.69) is 0 Å². The molecule has 0 radical (unpaired) electrons. The van der Waals surface area contributed by atoms with E-state index in [9.17, 15) is 39.9 Å². The molecule has 0 aromatic heterocycles. The fraction of sp³-hybridized carbons (Fsp3) is 0.400. The summed E-state index contributed by atoms with van der Waals surface area (Å²) in [6.45, 7) is 2.85. The van der Waals surface area contributed by atoms with E-state index < -0.39 is 65.5 Å². The zero-order valence-corrected chi connectivity index (χ0v) is 19.1. The number of rotatable bonds is 5. The van der Waals surface area contributed by atoms with Gasteiger partial charge in [-0.2, -0.15) is 0 Å². The van der Waals surface area contributed by atoms with Gasteiger partial charge in [-0.25, -0.2) is 0 Å². The second kappa shape index (κ2) is 8.72. The number of carboxylic acids is 1. The Hall–Kier alpha value is -3.31. The molecular weight excluding hydrogens is 460 g/mol. The van der Waals surface area contributed by atoms with Crippen molar-refractivity contribution in [3.05, 3.63) is 57.6 Å². The Morgan fingerprint density at radius 3 is 2.17 bits per heavy atom. The molecule has 1 aliphatic carbocycles. The van der Waals surface area contributed by atoms with E-state index in [1.54, 1.807) is 6.92 Å². The van der Waals surface area contributed by atoms with Gasteiger partial charge < -0.3 is 35.4 Å². The zero-order chi connectivity index (χ0) is 25.8. The maximum absolute atomic E-state index is 13.3. The Morgan fingerprint density at radius 2 is 1.60 bits per heavy atom. The topological polar surface area (TPSA) is 182 Å². The molecule has 5 unspecified atom stereocenters. The normalized spacial score (nSPS) is 25.5. The summed E-state index contributed by atoms with van der Waals surface area (Å²) in [4.78, 5) is 37.6. The highest BCUT2D eigenvalue weighted by Crippen LogP contribution is 2.43. The van der Waals surface area contributed by atoms with Crippen LogP contribution in [-0.4, -0.2) is 72.1 Å². The van der Waals surface area contributed by atoms with Gasteiger partial charge >= 0.3 is 5.97 Å². The second-order valence-corrected chi connectivity index (χ2v) is 9.45. The molecule has 186 valence electrons. The van der Waals surface area contributed by atoms with Gasteiger partial charge in [0.2, 0.25) is 0 Å². The number of aliphatic carboxylic acids is 1. The average molecular weight is 486 g/mol. The summed E-state index contributed by atoms with van der Waals surface area (Å²) in [5, 5.41) is 61.1. The maximum atomic E-state index is 13.3. The number of benzene rings is 2. The van der Waals surface area contributed by atoms with Gasteiger partial charge in [-0.15, -0.1) is 0 Å². The quantitative estimate of drug-likeness (QED) is 0.307. The molecule has 2 aromatic carbocycles. The summed E-state index contributed by atoms with van der Waals surface area (Å²) < 4.78 is 5.70. The predicted molar refractivity (Wildman–Crippen MR) is 120 cm³/mol. The third kappa shape index (κ3) is 4.30. The number of aliphatic hydroxyl groups excluding tert-OH is 2. The van der Waals surface area contributed by atoms with Gasteiger partial charge in [-0.05, 0) is 31.5 Å². The van der Waals surface area contributed by atoms with Crippen molar-refractivity contribution in [3.8, 4) is 11.5 Å². The van der Waals surface area contributed by atoms with Crippen LogP contribution in [-0.2, 0) is 16.0 Å². The molecule has 4 rings (SSSR count). The van der Waals surface area contributed by atoms with Gasteiger partial charge in [0, 0.05) is 29.5 Å². The molecule has 10 nitrogen and oxygen atoms in total. The first-order valence-electron chi connectivity index (χ1n) is 11.1. The Bertz CT molecular complexity index is 1220. The van der Waals surface area contributed by atoms with Crippen molar-refractivity contribution in [2.45, 2.75) is 63.1 Å². The summed E-state index contributed by atoms with van der Waals surface area (Å²) in [6, 6.07) is 5.33. The Balaban J connectivity index is 1.73. The predicted octanol–water partition coefficient (Wildman–Crippen LogP) is 1.21. The standard InChI is InChI=1S/C25H26O10/c1-10-20(29)15(26)7-16(35-10)12-5-6-14-19(22(12)31)24(33)13-4-3-11(21(30)18(13)23(14)32)8-25(2,34)9-17(27)28/h3-6,10,15-16,20,26,29-31,34H,7-9H2,1-2H3,(H,27,28). The molecule has 1 saturated heterocycles. The number of aromatic hydroxyl groups is 2. The van der Waals surface area contributed by atoms with Crippen LogP contribution >= 0.6 is 0 Å². The van der Waals surface area contributed by atoms with Crippen molar-refractivity contribution in [3.63, 3.8) is 0 Å². The summed E-state index contributed by atoms with van der Waals surface area (Å²) in [5.41, 5.74) is -2.28. The number of hydrogen-bond donors (Lipinski definition) is 6. The number of carboxylic acid groups (broad SMARTS) is 1. The lowest BCUT2D eigenvalue weighted by Gasteiger charge is -2.36. The van der Waals surface area contributed by atoms with Crippen LogP contribution in [0.5, 0.6) is 11.5 Å². The number of ether oxygens (including phenoxy) is 1. The van der Waals surface area contributed by atoms with E-state index >= 15 is 0 Å². The highest BCUT2D eigenvalue weighted by Gasteiger charge is 2.40. The molecule has 1 aliphatic heterocycles. The molecule has 35 heavy (non-hydrogen) atoms. The fourth-order valence-corrected chi connectivity index (χ4v) is 4.82. The van der Waals surface area contributed by atoms with E-state index in [1.165, 1.54) is 31.2 Å². The van der Waals surface area contributed by atoms with E-state index in [-0.39, 0.29) is 46.2 Å². The van der Waals surface area contributed by atoms with Crippen molar-refractivity contribution in [1.29, 1.82) is 0 Å². The molecule has 0 amide bonds. The first-order chi connectivity index (χ1) is 16.3. The Morgan fingerprint density at radius 1 is 1.03 bits per heavy atom. The van der Waals surface area contributed by atoms with Crippen LogP contribution in [0, 0.1) is 0 Å². The molecule has 0 bridgehead atoms. The van der Waals surface area contributed by atoms with Crippen molar-refractivity contribution in [2.75, 3.05) is 0 Å². The maximum Gasteiger partial charge on any atom is 0.306 e. The summed E-state index contributed by atoms with van der Waals surface area (Å²) in [7, 11) is 0. The smallest absolute Gasteiger partial charge is 0.306 e. The lowest BCUT2D eigenvalue weighted by Crippen LogP contribution is -2.44. The number of ketones is 2. The molecule has 5 atom stereocenters. The third-order valence-corrected chi connectivity index (χ3v) is 6.57. The molecule has 6 N–H and O–H groups in total. The van der Waals surface area contributed by atoms with Gasteiger partial charge in [0.1, 0.15) is 17.6 Å². The van der Waals surface area contributed by atoms with Gasteiger partial charge in [-0.3, -0.25) is 14.4 Å². The Labute approximate surface area is 200 Å². The summed E-state index contributed by atoms with van der Waals surface area (Å²) in [6.07, 6.45) is -4.67. The lowest BCUT2D eigenvalue weighted by atomic mass is 9.79. The van der Waals surface area contributed by atoms with E-state index in [0.717, 1.165) is 0 Å². The van der Waals surface area contributed by atoms with Gasteiger partial charge in [-0.1, -0.05) is 12.1 Å². The fourth-order valence-electron chi connectivity index (χ4n) is 4.82. The molecule has 2 aliphatic rings. The van der Waals surface area contributed by atoms with Crippen LogP contribution in [0.1, 0.15) is 75.8 Å². The molecular formula is C25H26O10. The number of fused-ring (bicyclic) bond motifs is 2. The second-order valence-electron chi connectivity index (χ2n) is 9.45. The number of aliphatic hydroxyl groups is 3. The Kier molecular flexibility index (Phi) is 6.18. The van der Waals surface area contributed by atoms with E-state index in [4.69, 9.17) is 9.84 Å². The van der Waals surface area contributed by atoms with Gasteiger partial charge in [0.15, 0.2) is 11.6 Å². The number of phenolic OH excluding ortho intramolecular Hbond substituents is 2. The highest BCUT2D eigenvalue weighted by molar-refractivity contribution is 6.30. The van der Waals surface area contributed by atoms with E-state index in [0.29, 0.717) is 0 Å². The largest absolute Gasteiger partial charge is 0.507 e. The molecule has 2 aromatic rings. The van der Waals surface area contributed by atoms with Crippen molar-refractivity contribution < 1.29 is 49.8 Å². The molecule has 10 heteroatoms. The van der Waals surface area contributed by atoms with Gasteiger partial charge in [0.25, 0.3) is 0 Å². The summed E-state index contributed by atoms with van der Waals surface area (Å²) >= 11 is 0. The monoisotopic (exact) mass is 486 g/mol. The van der Waals surface area contributed by atoms with Crippen LogP contribution in [0.2, 0.25) is 0 Å². The van der Waals surface area contributed by atoms with E-state index in [1.807, 2.05) is 0 Å².